The van der Waals surface area contributed by atoms with E-state index < -0.39 is 32.5 Å². The molecule has 0 aliphatic heterocycles. The zero-order valence-electron chi connectivity index (χ0n) is 46.5. The molecule has 0 saturated heterocycles. The predicted molar refractivity (Wildman–Crippen MR) is 298 cm³/mol. The number of likely N-dealkylation sites (N-methyl/N-ethyl adjacent to an activating group) is 1. The van der Waals surface area contributed by atoms with Gasteiger partial charge in [-0.25, -0.2) is 4.57 Å². The summed E-state index contributed by atoms with van der Waals surface area (Å²) in [5, 5.41) is 0. The SMILES string of the molecule is CCCCCCCCCCCCCCCC/C=C\CC/C=C\CCCC(=O)OC[C@H](COP(=O)(O)OCC[N+](C)(C)C)OC(=O)CCC/C=C\CC/C=C\CCCCCCCCCCCCCCCC. The lowest BCUT2D eigenvalue weighted by molar-refractivity contribution is -0.870. The Bertz CT molecular complexity index is 1320. The minimum Gasteiger partial charge on any atom is -0.462 e. The number of quaternary nitrogens is 1. The number of carbonyl (C=O) groups is 2. The molecule has 0 aromatic heterocycles. The van der Waals surface area contributed by atoms with E-state index in [2.05, 4.69) is 62.5 Å². The Kier molecular flexibility index (Phi) is 50.4. The van der Waals surface area contributed by atoms with Crippen molar-refractivity contribution in [1.82, 2.24) is 0 Å². The minimum absolute atomic E-state index is 0.0186. The van der Waals surface area contributed by atoms with Gasteiger partial charge < -0.3 is 18.9 Å². The molecule has 0 bridgehead atoms. The summed E-state index contributed by atoms with van der Waals surface area (Å²) in [4.78, 5) is 35.6. The molecule has 9 nitrogen and oxygen atoms in total. The average molecular weight is 1010 g/mol. The Morgan fingerprint density at radius 3 is 1.10 bits per heavy atom. The molecule has 410 valence electrons. The van der Waals surface area contributed by atoms with Crippen molar-refractivity contribution >= 4 is 19.8 Å². The second kappa shape index (κ2) is 51.9. The fraction of sp³-hybridized carbons (Fsp3) is 0.833. The van der Waals surface area contributed by atoms with Crippen LogP contribution < -0.4 is 0 Å². The number of esters is 2. The third kappa shape index (κ3) is 55.3. The van der Waals surface area contributed by atoms with Gasteiger partial charge in [0, 0.05) is 12.8 Å². The number of ether oxygens (including phenoxy) is 2. The van der Waals surface area contributed by atoms with Gasteiger partial charge in [0.2, 0.25) is 0 Å². The first kappa shape index (κ1) is 68.0. The topological polar surface area (TPSA) is 108 Å². The minimum atomic E-state index is -4.40. The molecule has 0 aliphatic carbocycles. The molecule has 1 N–H and O–H groups in total. The first-order valence-electron chi connectivity index (χ1n) is 29.4. The zero-order chi connectivity index (χ0) is 51.3. The van der Waals surface area contributed by atoms with Gasteiger partial charge in [0.1, 0.15) is 19.8 Å². The van der Waals surface area contributed by atoms with Crippen LogP contribution in [-0.2, 0) is 32.7 Å². The van der Waals surface area contributed by atoms with Gasteiger partial charge >= 0.3 is 19.8 Å². The van der Waals surface area contributed by atoms with Crippen LogP contribution in [0.5, 0.6) is 0 Å². The van der Waals surface area contributed by atoms with Gasteiger partial charge in [-0.1, -0.05) is 229 Å². The summed E-state index contributed by atoms with van der Waals surface area (Å²) in [5.74, 6) is -0.889. The van der Waals surface area contributed by atoms with E-state index in [-0.39, 0.29) is 26.1 Å². The maximum Gasteiger partial charge on any atom is 0.472 e. The van der Waals surface area contributed by atoms with Crippen molar-refractivity contribution in [2.24, 2.45) is 0 Å². The third-order valence-corrected chi connectivity index (χ3v) is 13.8. The van der Waals surface area contributed by atoms with Crippen LogP contribution >= 0.6 is 7.82 Å². The Morgan fingerprint density at radius 1 is 0.429 bits per heavy atom. The van der Waals surface area contributed by atoms with Gasteiger partial charge in [0.25, 0.3) is 0 Å². The zero-order valence-corrected chi connectivity index (χ0v) is 47.4. The number of carbonyl (C=O) groups excluding carboxylic acids is 2. The number of nitrogens with zero attached hydrogens (tertiary/aromatic N) is 1. The predicted octanol–water partition coefficient (Wildman–Crippen LogP) is 18.1. The lowest BCUT2D eigenvalue weighted by atomic mass is 10.0. The molecule has 0 rings (SSSR count). The second-order valence-corrected chi connectivity index (χ2v) is 22.5. The Balaban J connectivity index is 4.26. The van der Waals surface area contributed by atoms with Crippen LogP contribution in [0.4, 0.5) is 0 Å². The molecule has 0 aliphatic rings. The maximum absolute atomic E-state index is 12.8. The molecule has 10 heteroatoms. The largest absolute Gasteiger partial charge is 0.472 e. The smallest absolute Gasteiger partial charge is 0.462 e. The molecule has 0 spiro atoms. The summed E-state index contributed by atoms with van der Waals surface area (Å²) in [6, 6.07) is 0. The van der Waals surface area contributed by atoms with Gasteiger partial charge in [-0.15, -0.1) is 0 Å². The lowest BCUT2D eigenvalue weighted by Gasteiger charge is -2.24. The molecule has 0 radical (unpaired) electrons. The van der Waals surface area contributed by atoms with Crippen LogP contribution in [-0.4, -0.2) is 74.9 Å². The van der Waals surface area contributed by atoms with Crippen LogP contribution in [0.3, 0.4) is 0 Å². The van der Waals surface area contributed by atoms with Gasteiger partial charge in [-0.05, 0) is 77.0 Å². The molecule has 0 heterocycles. The maximum atomic E-state index is 12.8. The summed E-state index contributed by atoms with van der Waals surface area (Å²) < 4.78 is 34.5. The molecule has 2 atom stereocenters. The number of phosphoric acid groups is 1. The molecule has 0 fully saturated rings. The van der Waals surface area contributed by atoms with E-state index in [9.17, 15) is 19.0 Å². The highest BCUT2D eigenvalue weighted by Gasteiger charge is 2.27. The van der Waals surface area contributed by atoms with Gasteiger partial charge in [-0.2, -0.15) is 0 Å². The van der Waals surface area contributed by atoms with E-state index >= 15 is 0 Å². The van der Waals surface area contributed by atoms with Crippen LogP contribution in [0.15, 0.2) is 48.6 Å². The first-order valence-corrected chi connectivity index (χ1v) is 30.9. The number of hydrogen-bond donors (Lipinski definition) is 1. The van der Waals surface area contributed by atoms with Crippen LogP contribution in [0.25, 0.3) is 0 Å². The average Bonchev–Trinajstić information content (AvgIpc) is 3.32. The van der Waals surface area contributed by atoms with Crippen LogP contribution in [0.2, 0.25) is 0 Å². The van der Waals surface area contributed by atoms with Crippen LogP contribution in [0.1, 0.15) is 271 Å². The van der Waals surface area contributed by atoms with E-state index in [4.69, 9.17) is 18.5 Å². The molecule has 0 amide bonds. The Morgan fingerprint density at radius 2 is 0.743 bits per heavy atom. The molecule has 0 saturated carbocycles. The quantitative estimate of drug-likeness (QED) is 0.0211. The van der Waals surface area contributed by atoms with Gasteiger partial charge in [0.15, 0.2) is 6.10 Å². The van der Waals surface area contributed by atoms with Crippen molar-refractivity contribution in [2.75, 3.05) is 47.5 Å². The van der Waals surface area contributed by atoms with Crippen molar-refractivity contribution in [3.8, 4) is 0 Å². The third-order valence-electron chi connectivity index (χ3n) is 12.8. The lowest BCUT2D eigenvalue weighted by Crippen LogP contribution is -2.37. The number of hydrogen-bond acceptors (Lipinski definition) is 7. The van der Waals surface area contributed by atoms with E-state index in [1.54, 1.807) is 0 Å². The van der Waals surface area contributed by atoms with Crippen molar-refractivity contribution in [3.05, 3.63) is 48.6 Å². The number of unbranched alkanes of at least 4 members (excludes halogenated alkanes) is 32. The summed E-state index contributed by atoms with van der Waals surface area (Å²) in [5.41, 5.74) is 0. The highest BCUT2D eigenvalue weighted by atomic mass is 31.2. The molecule has 0 aromatic carbocycles. The fourth-order valence-electron chi connectivity index (χ4n) is 8.23. The molecule has 70 heavy (non-hydrogen) atoms. The van der Waals surface area contributed by atoms with Crippen molar-refractivity contribution in [1.29, 1.82) is 0 Å². The highest BCUT2D eigenvalue weighted by Crippen LogP contribution is 2.43. The standard InChI is InChI=1S/C60H112NO8P/c1-6-8-10-12-14-16-18-20-22-24-26-28-30-32-34-36-38-40-42-44-46-48-50-52-59(62)66-56-58(57-68-70(64,65)67-55-54-61(3,4)5)69-60(63)53-51-49-47-45-43-41-39-37-35-33-31-29-27-25-23-21-19-17-15-13-11-9-7-2/h36-39,44-47,58H,6-35,40-43,48-57H2,1-5H3/p+1/b38-36-,39-37-,46-44-,47-45-/t58-/m1/s1. The van der Waals surface area contributed by atoms with E-state index in [0.717, 1.165) is 51.4 Å². The number of allylic oxidation sites excluding steroid dienone is 8. The molecule has 0 aromatic rings. The number of phosphoric ester groups is 1. The first-order chi connectivity index (χ1) is 34.0. The summed E-state index contributed by atoms with van der Waals surface area (Å²) in [6.45, 7) is 4.39. The van der Waals surface area contributed by atoms with Crippen molar-refractivity contribution < 1.29 is 42.1 Å². The van der Waals surface area contributed by atoms with Crippen molar-refractivity contribution in [3.63, 3.8) is 0 Å². The Labute approximate surface area is 433 Å². The summed E-state index contributed by atoms with van der Waals surface area (Å²) in [6.07, 6.45) is 65.0. The van der Waals surface area contributed by atoms with Crippen LogP contribution in [0, 0.1) is 0 Å². The van der Waals surface area contributed by atoms with Gasteiger partial charge in [-0.3, -0.25) is 18.6 Å². The molecular formula is C60H113NO8P+. The van der Waals surface area contributed by atoms with Crippen molar-refractivity contribution in [2.45, 2.75) is 277 Å². The fourth-order valence-corrected chi connectivity index (χ4v) is 8.97. The number of rotatable bonds is 54. The Hall–Kier alpha value is -2.03. The summed E-state index contributed by atoms with van der Waals surface area (Å²) in [7, 11) is 1.44. The summed E-state index contributed by atoms with van der Waals surface area (Å²) >= 11 is 0. The molecule has 1 unspecified atom stereocenters. The highest BCUT2D eigenvalue weighted by molar-refractivity contribution is 7.47. The monoisotopic (exact) mass is 1010 g/mol. The normalized spacial score (nSPS) is 13.6. The van der Waals surface area contributed by atoms with E-state index in [0.29, 0.717) is 23.9 Å². The van der Waals surface area contributed by atoms with E-state index in [1.165, 1.54) is 180 Å². The molecular weight excluding hydrogens is 894 g/mol. The van der Waals surface area contributed by atoms with Gasteiger partial charge in [0.05, 0.1) is 27.7 Å². The second-order valence-electron chi connectivity index (χ2n) is 21.0. The van der Waals surface area contributed by atoms with E-state index in [1.807, 2.05) is 21.1 Å².